The van der Waals surface area contributed by atoms with Gasteiger partial charge in [-0.2, -0.15) is 0 Å². The molecule has 2 aromatic carbocycles. The van der Waals surface area contributed by atoms with E-state index in [2.05, 4.69) is 10.3 Å². The Morgan fingerprint density at radius 2 is 2.06 bits per heavy atom. The van der Waals surface area contributed by atoms with E-state index in [0.717, 1.165) is 11.8 Å². The molecule has 1 aliphatic rings. The average molecular weight is 460 g/mol. The van der Waals surface area contributed by atoms with E-state index in [1.165, 1.54) is 17.4 Å². The number of anilines is 1. The molecule has 4 rings (SSSR count). The summed E-state index contributed by atoms with van der Waals surface area (Å²) in [4.78, 5) is 31.4. The van der Waals surface area contributed by atoms with E-state index in [-0.39, 0.29) is 23.1 Å². The number of thiazole rings is 1. The van der Waals surface area contributed by atoms with E-state index in [9.17, 15) is 18.0 Å². The van der Waals surface area contributed by atoms with Gasteiger partial charge in [0.1, 0.15) is 5.75 Å². The van der Waals surface area contributed by atoms with E-state index >= 15 is 0 Å². The van der Waals surface area contributed by atoms with Gasteiger partial charge < -0.3 is 15.0 Å². The number of sulfone groups is 1. The Hall–Kier alpha value is -2.98. The number of benzene rings is 2. The zero-order chi connectivity index (χ0) is 22.2. The van der Waals surface area contributed by atoms with E-state index in [0.29, 0.717) is 34.2 Å². The molecule has 2 heterocycles. The monoisotopic (exact) mass is 459 g/mol. The third-order valence-electron chi connectivity index (χ3n) is 5.16. The van der Waals surface area contributed by atoms with Crippen LogP contribution < -0.4 is 10.1 Å². The number of hydrogen-bond acceptors (Lipinski definition) is 7. The van der Waals surface area contributed by atoms with Crippen molar-refractivity contribution < 1.29 is 22.7 Å². The van der Waals surface area contributed by atoms with Gasteiger partial charge >= 0.3 is 0 Å². The normalized spacial score (nSPS) is 16.6. The Labute approximate surface area is 183 Å². The second kappa shape index (κ2) is 8.27. The molecule has 0 spiro atoms. The van der Waals surface area contributed by atoms with Crippen molar-refractivity contribution in [1.82, 2.24) is 9.88 Å². The molecule has 0 unspecified atom stereocenters. The summed E-state index contributed by atoms with van der Waals surface area (Å²) in [5, 5.41) is 3.15. The van der Waals surface area contributed by atoms with Crippen LogP contribution >= 0.6 is 11.3 Å². The highest BCUT2D eigenvalue weighted by Crippen LogP contribution is 2.30. The molecule has 1 aliphatic heterocycles. The maximum absolute atomic E-state index is 12.7. The highest BCUT2D eigenvalue weighted by molar-refractivity contribution is 7.90. The number of nitrogens with zero attached hydrogens (tertiary/aromatic N) is 2. The molecule has 0 saturated carbocycles. The minimum absolute atomic E-state index is 0.0897. The van der Waals surface area contributed by atoms with E-state index in [1.807, 2.05) is 24.3 Å². The van der Waals surface area contributed by atoms with Crippen LogP contribution in [-0.2, 0) is 26.0 Å². The number of likely N-dealkylation sites (tertiary alicyclic amines) is 1. The SMILES string of the molecule is COc1ccccc1CN1C[C@H](C(=O)Nc2nc3ccc(S(C)(=O)=O)cc3s2)CC1=O. The third-order valence-corrected chi connectivity index (χ3v) is 7.20. The Bertz CT molecular complexity index is 1270. The lowest BCUT2D eigenvalue weighted by molar-refractivity contribution is -0.128. The number of carbonyl (C=O) groups excluding carboxylic acids is 2. The summed E-state index contributed by atoms with van der Waals surface area (Å²) in [5.74, 6) is -0.154. The molecule has 10 heteroatoms. The van der Waals surface area contributed by atoms with E-state index in [4.69, 9.17) is 4.74 Å². The fraction of sp³-hybridized carbons (Fsp3) is 0.286. The fourth-order valence-electron chi connectivity index (χ4n) is 3.54. The Kier molecular flexibility index (Phi) is 5.67. The Morgan fingerprint density at radius 1 is 1.29 bits per heavy atom. The number of hydrogen-bond donors (Lipinski definition) is 1. The summed E-state index contributed by atoms with van der Waals surface area (Å²) in [6, 6.07) is 12.1. The van der Waals surface area contributed by atoms with Crippen molar-refractivity contribution >= 4 is 48.3 Å². The number of carbonyl (C=O) groups is 2. The van der Waals surface area contributed by atoms with Gasteiger partial charge in [-0.05, 0) is 24.3 Å². The van der Waals surface area contributed by atoms with Gasteiger partial charge in [-0.1, -0.05) is 29.5 Å². The molecule has 1 fully saturated rings. The minimum atomic E-state index is -3.32. The second-order valence-corrected chi connectivity index (χ2v) is 10.4. The van der Waals surface area contributed by atoms with Gasteiger partial charge in [0.2, 0.25) is 11.8 Å². The largest absolute Gasteiger partial charge is 0.496 e. The molecule has 1 atom stereocenters. The molecule has 1 N–H and O–H groups in total. The maximum atomic E-state index is 12.7. The smallest absolute Gasteiger partial charge is 0.231 e. The van der Waals surface area contributed by atoms with Crippen molar-refractivity contribution in [1.29, 1.82) is 0 Å². The number of methoxy groups -OCH3 is 1. The topological polar surface area (TPSA) is 106 Å². The standard InChI is InChI=1S/C21H21N3O5S2/c1-29-17-6-4-3-5-13(17)11-24-12-14(9-19(24)25)20(26)23-21-22-16-8-7-15(31(2,27)28)10-18(16)30-21/h3-8,10,14H,9,11-12H2,1-2H3,(H,22,23,26)/t14-/m1/s1. The van der Waals surface area contributed by atoms with Gasteiger partial charge in [0, 0.05) is 31.3 Å². The van der Waals surface area contributed by atoms with E-state index < -0.39 is 15.8 Å². The number of fused-ring (bicyclic) bond motifs is 1. The molecule has 0 radical (unpaired) electrons. The first-order chi connectivity index (χ1) is 14.7. The molecule has 8 nitrogen and oxygen atoms in total. The van der Waals surface area contributed by atoms with Crippen molar-refractivity contribution in [2.24, 2.45) is 5.92 Å². The van der Waals surface area contributed by atoms with Gasteiger partial charge in [0.25, 0.3) is 0 Å². The highest BCUT2D eigenvalue weighted by atomic mass is 32.2. The number of rotatable bonds is 6. The van der Waals surface area contributed by atoms with Crippen molar-refractivity contribution in [3.63, 3.8) is 0 Å². The van der Waals surface area contributed by atoms with Crippen LogP contribution in [0, 0.1) is 5.92 Å². The lowest BCUT2D eigenvalue weighted by Crippen LogP contribution is -2.28. The van der Waals surface area contributed by atoms with Crippen LogP contribution in [0.1, 0.15) is 12.0 Å². The second-order valence-electron chi connectivity index (χ2n) is 7.40. The fourth-order valence-corrected chi connectivity index (χ4v) is 5.17. The first-order valence-electron chi connectivity index (χ1n) is 9.56. The molecule has 162 valence electrons. The number of para-hydroxylation sites is 1. The first-order valence-corrected chi connectivity index (χ1v) is 12.3. The van der Waals surface area contributed by atoms with Crippen molar-refractivity contribution in [3.05, 3.63) is 48.0 Å². The summed E-state index contributed by atoms with van der Waals surface area (Å²) in [6.07, 6.45) is 1.27. The summed E-state index contributed by atoms with van der Waals surface area (Å²) in [7, 11) is -1.74. The van der Waals surface area contributed by atoms with Crippen molar-refractivity contribution in [2.75, 3.05) is 25.2 Å². The number of amides is 2. The molecule has 0 bridgehead atoms. The van der Waals surface area contributed by atoms with Crippen LogP contribution in [0.4, 0.5) is 5.13 Å². The molecule has 0 aliphatic carbocycles. The lowest BCUT2D eigenvalue weighted by atomic mass is 10.1. The number of ether oxygens (including phenoxy) is 1. The molecule has 1 saturated heterocycles. The van der Waals surface area contributed by atoms with Gasteiger partial charge in [0.05, 0.1) is 28.1 Å². The molecular weight excluding hydrogens is 438 g/mol. The summed E-state index contributed by atoms with van der Waals surface area (Å²) < 4.78 is 29.5. The third kappa shape index (κ3) is 4.54. The quantitative estimate of drug-likeness (QED) is 0.608. The Balaban J connectivity index is 1.45. The summed E-state index contributed by atoms with van der Waals surface area (Å²) in [6.45, 7) is 0.688. The van der Waals surface area contributed by atoms with Crippen molar-refractivity contribution in [3.8, 4) is 5.75 Å². The van der Waals surface area contributed by atoms with Gasteiger partial charge in [-0.3, -0.25) is 9.59 Å². The highest BCUT2D eigenvalue weighted by Gasteiger charge is 2.35. The zero-order valence-corrected chi connectivity index (χ0v) is 18.6. The van der Waals surface area contributed by atoms with Crippen molar-refractivity contribution in [2.45, 2.75) is 17.9 Å². The number of aromatic nitrogens is 1. The first kappa shape index (κ1) is 21.3. The van der Waals surface area contributed by atoms with Crippen LogP contribution in [0.15, 0.2) is 47.4 Å². The minimum Gasteiger partial charge on any atom is -0.496 e. The predicted molar refractivity (Wildman–Crippen MR) is 118 cm³/mol. The van der Waals surface area contributed by atoms with Crippen LogP contribution in [0.2, 0.25) is 0 Å². The molecule has 3 aromatic rings. The zero-order valence-electron chi connectivity index (χ0n) is 17.0. The van der Waals surface area contributed by atoms with Gasteiger partial charge in [-0.25, -0.2) is 13.4 Å². The molecule has 1 aromatic heterocycles. The number of nitrogens with one attached hydrogen (secondary N) is 1. The molecule has 31 heavy (non-hydrogen) atoms. The molecule has 2 amide bonds. The van der Waals surface area contributed by atoms with Crippen LogP contribution in [0.5, 0.6) is 5.75 Å². The Morgan fingerprint density at radius 3 is 2.81 bits per heavy atom. The average Bonchev–Trinajstić information content (AvgIpc) is 3.30. The summed E-state index contributed by atoms with van der Waals surface area (Å²) >= 11 is 1.20. The van der Waals surface area contributed by atoms with Crippen LogP contribution in [-0.4, -0.2) is 50.0 Å². The van der Waals surface area contributed by atoms with E-state index in [1.54, 1.807) is 24.1 Å². The van der Waals surface area contributed by atoms with Gasteiger partial charge in [-0.15, -0.1) is 0 Å². The summed E-state index contributed by atoms with van der Waals surface area (Å²) in [5.41, 5.74) is 1.49. The van der Waals surface area contributed by atoms with Crippen LogP contribution in [0.3, 0.4) is 0 Å². The van der Waals surface area contributed by atoms with Gasteiger partial charge in [0.15, 0.2) is 15.0 Å². The van der Waals surface area contributed by atoms with Crippen LogP contribution in [0.25, 0.3) is 10.2 Å². The maximum Gasteiger partial charge on any atom is 0.231 e. The predicted octanol–water partition coefficient (Wildman–Crippen LogP) is 2.70. The molecular formula is C21H21N3O5S2. The lowest BCUT2D eigenvalue weighted by Gasteiger charge is -2.18.